The Morgan fingerprint density at radius 2 is 1.91 bits per heavy atom. The van der Waals surface area contributed by atoms with E-state index in [2.05, 4.69) is 20.2 Å². The van der Waals surface area contributed by atoms with Crippen molar-refractivity contribution in [3.63, 3.8) is 0 Å². The summed E-state index contributed by atoms with van der Waals surface area (Å²) in [5.41, 5.74) is 1.52. The van der Waals surface area contributed by atoms with Crippen LogP contribution in [0, 0.1) is 0 Å². The minimum Gasteiger partial charge on any atom is -0.368 e. The molecule has 0 bridgehead atoms. The lowest BCUT2D eigenvalue weighted by molar-refractivity contribution is 0.237. The van der Waals surface area contributed by atoms with Gasteiger partial charge in [0, 0.05) is 18.0 Å². The van der Waals surface area contributed by atoms with E-state index in [-0.39, 0.29) is 0 Å². The zero-order valence-corrected chi connectivity index (χ0v) is 13.9. The summed E-state index contributed by atoms with van der Waals surface area (Å²) in [4.78, 5) is 14.3. The molecule has 2 aromatic heterocycles. The molecule has 1 fully saturated rings. The van der Waals surface area contributed by atoms with Crippen LogP contribution in [0.1, 0.15) is 42.5 Å². The fourth-order valence-electron chi connectivity index (χ4n) is 3.74. The maximum absolute atomic E-state index is 4.54. The van der Waals surface area contributed by atoms with E-state index in [1.165, 1.54) is 73.8 Å². The molecular formula is C17H24N4S. The maximum atomic E-state index is 4.54. The molecular weight excluding hydrogens is 292 g/mol. The van der Waals surface area contributed by atoms with Crippen molar-refractivity contribution in [1.82, 2.24) is 14.9 Å². The summed E-state index contributed by atoms with van der Waals surface area (Å²) in [5, 5.41) is 4.89. The number of aryl methyl sites for hydroxylation is 2. The molecule has 5 heteroatoms. The van der Waals surface area contributed by atoms with Gasteiger partial charge in [-0.05, 0) is 57.2 Å². The van der Waals surface area contributed by atoms with E-state index >= 15 is 0 Å². The maximum Gasteiger partial charge on any atom is 0.138 e. The largest absolute Gasteiger partial charge is 0.368 e. The summed E-state index contributed by atoms with van der Waals surface area (Å²) in [6.07, 6.45) is 10.9. The van der Waals surface area contributed by atoms with Gasteiger partial charge in [-0.2, -0.15) is 0 Å². The Hall–Kier alpha value is -1.20. The molecule has 2 aromatic rings. The number of hydrogen-bond donors (Lipinski definition) is 1. The predicted molar refractivity (Wildman–Crippen MR) is 92.8 cm³/mol. The average molecular weight is 316 g/mol. The molecule has 0 aromatic carbocycles. The van der Waals surface area contributed by atoms with Crippen molar-refractivity contribution < 1.29 is 0 Å². The first-order chi connectivity index (χ1) is 10.9. The highest BCUT2D eigenvalue weighted by atomic mass is 32.1. The third kappa shape index (κ3) is 2.84. The van der Waals surface area contributed by atoms with Gasteiger partial charge in [0.05, 0.1) is 5.39 Å². The van der Waals surface area contributed by atoms with E-state index in [0.717, 1.165) is 18.9 Å². The molecule has 22 heavy (non-hydrogen) atoms. The topological polar surface area (TPSA) is 41.1 Å². The number of likely N-dealkylation sites (tertiary alicyclic amines) is 1. The minimum absolute atomic E-state index is 0.983. The quantitative estimate of drug-likeness (QED) is 0.938. The van der Waals surface area contributed by atoms with Crippen LogP contribution in [0.4, 0.5) is 5.82 Å². The molecule has 1 aliphatic heterocycles. The highest BCUT2D eigenvalue weighted by Gasteiger charge is 2.19. The first-order valence-electron chi connectivity index (χ1n) is 8.63. The Morgan fingerprint density at radius 1 is 1.05 bits per heavy atom. The normalized spacial score (nSPS) is 19.3. The number of nitrogens with zero attached hydrogens (tertiary/aromatic N) is 3. The fraction of sp³-hybridized carbons (Fsp3) is 0.647. The number of thiophene rings is 1. The molecule has 0 amide bonds. The van der Waals surface area contributed by atoms with Gasteiger partial charge in [-0.15, -0.1) is 11.3 Å². The second-order valence-electron chi connectivity index (χ2n) is 6.44. The van der Waals surface area contributed by atoms with Gasteiger partial charge in [0.25, 0.3) is 0 Å². The lowest BCUT2D eigenvalue weighted by atomic mass is 9.97. The van der Waals surface area contributed by atoms with Gasteiger partial charge in [-0.3, -0.25) is 0 Å². The third-order valence-corrected chi connectivity index (χ3v) is 6.12. The summed E-state index contributed by atoms with van der Waals surface area (Å²) in [7, 11) is 0. The summed E-state index contributed by atoms with van der Waals surface area (Å²) in [6, 6.07) is 0. The van der Waals surface area contributed by atoms with E-state index in [9.17, 15) is 0 Å². The molecule has 3 heterocycles. The third-order valence-electron chi connectivity index (χ3n) is 4.92. The molecule has 4 rings (SSSR count). The van der Waals surface area contributed by atoms with Crippen LogP contribution in [0.5, 0.6) is 0 Å². The van der Waals surface area contributed by atoms with Gasteiger partial charge >= 0.3 is 0 Å². The van der Waals surface area contributed by atoms with Crippen LogP contribution in [0.25, 0.3) is 10.2 Å². The van der Waals surface area contributed by atoms with Crippen LogP contribution in [0.3, 0.4) is 0 Å². The lowest BCUT2D eigenvalue weighted by Crippen LogP contribution is -2.33. The van der Waals surface area contributed by atoms with Gasteiger partial charge in [0.2, 0.25) is 0 Å². The number of piperidine rings is 1. The van der Waals surface area contributed by atoms with E-state index in [0.29, 0.717) is 0 Å². The standard InChI is InChI=1S/C17H24N4S/c1-4-9-21(10-5-1)11-8-18-16-15-13-6-2-3-7-14(13)22-17(15)20-12-19-16/h12H,1-11H2,(H,18,19,20). The van der Waals surface area contributed by atoms with Crippen LogP contribution < -0.4 is 5.32 Å². The second-order valence-corrected chi connectivity index (χ2v) is 7.53. The molecule has 1 aliphatic carbocycles. The number of nitrogens with one attached hydrogen (secondary N) is 1. The SMILES string of the molecule is c1nc(NCCN2CCCCC2)c2c3c(sc2n1)CCCC3. The van der Waals surface area contributed by atoms with Gasteiger partial charge in [-0.1, -0.05) is 6.42 Å². The molecule has 4 nitrogen and oxygen atoms in total. The van der Waals surface area contributed by atoms with Crippen LogP contribution in [-0.2, 0) is 12.8 Å². The Balaban J connectivity index is 1.50. The van der Waals surface area contributed by atoms with Gasteiger partial charge < -0.3 is 10.2 Å². The Kier molecular flexibility index (Phi) is 4.26. The van der Waals surface area contributed by atoms with Crippen molar-refractivity contribution in [2.75, 3.05) is 31.5 Å². The zero-order valence-electron chi connectivity index (χ0n) is 13.1. The molecule has 1 N–H and O–H groups in total. The number of hydrogen-bond acceptors (Lipinski definition) is 5. The van der Waals surface area contributed by atoms with Crippen molar-refractivity contribution in [3.05, 3.63) is 16.8 Å². The number of anilines is 1. The Morgan fingerprint density at radius 3 is 2.82 bits per heavy atom. The summed E-state index contributed by atoms with van der Waals surface area (Å²) >= 11 is 1.87. The number of rotatable bonds is 4. The first-order valence-corrected chi connectivity index (χ1v) is 9.45. The summed E-state index contributed by atoms with van der Waals surface area (Å²) < 4.78 is 0. The second kappa shape index (κ2) is 6.50. The van der Waals surface area contributed by atoms with Gasteiger partial charge in [0.15, 0.2) is 0 Å². The van der Waals surface area contributed by atoms with E-state index in [1.807, 2.05) is 11.3 Å². The van der Waals surface area contributed by atoms with Gasteiger partial charge in [-0.25, -0.2) is 9.97 Å². The average Bonchev–Trinajstić information content (AvgIpc) is 2.95. The Bertz CT molecular complexity index is 645. The Labute approximate surface area is 136 Å². The smallest absolute Gasteiger partial charge is 0.138 e. The molecule has 1 saturated heterocycles. The van der Waals surface area contributed by atoms with Crippen molar-refractivity contribution >= 4 is 27.4 Å². The highest BCUT2D eigenvalue weighted by Crippen LogP contribution is 2.37. The number of fused-ring (bicyclic) bond motifs is 3. The summed E-state index contributed by atoms with van der Waals surface area (Å²) in [6.45, 7) is 4.62. The van der Waals surface area contributed by atoms with Crippen LogP contribution in [0.15, 0.2) is 6.33 Å². The van der Waals surface area contributed by atoms with Crippen LogP contribution in [0.2, 0.25) is 0 Å². The van der Waals surface area contributed by atoms with Crippen LogP contribution >= 0.6 is 11.3 Å². The highest BCUT2D eigenvalue weighted by molar-refractivity contribution is 7.19. The zero-order chi connectivity index (χ0) is 14.8. The predicted octanol–water partition coefficient (Wildman–Crippen LogP) is 3.47. The first kappa shape index (κ1) is 14.4. The molecule has 0 radical (unpaired) electrons. The van der Waals surface area contributed by atoms with Gasteiger partial charge in [0.1, 0.15) is 17.0 Å². The van der Waals surface area contributed by atoms with E-state index in [1.54, 1.807) is 11.2 Å². The number of aromatic nitrogens is 2. The lowest BCUT2D eigenvalue weighted by Gasteiger charge is -2.26. The molecule has 2 aliphatic rings. The monoisotopic (exact) mass is 316 g/mol. The van der Waals surface area contributed by atoms with E-state index in [4.69, 9.17) is 0 Å². The molecule has 0 atom stereocenters. The summed E-state index contributed by atoms with van der Waals surface area (Å²) in [5.74, 6) is 1.06. The molecule has 118 valence electrons. The van der Waals surface area contributed by atoms with Crippen LogP contribution in [-0.4, -0.2) is 41.0 Å². The molecule has 0 saturated carbocycles. The van der Waals surface area contributed by atoms with Crippen molar-refractivity contribution in [3.8, 4) is 0 Å². The van der Waals surface area contributed by atoms with Crippen molar-refractivity contribution in [2.45, 2.75) is 44.9 Å². The van der Waals surface area contributed by atoms with E-state index < -0.39 is 0 Å². The van der Waals surface area contributed by atoms with Crippen molar-refractivity contribution in [2.24, 2.45) is 0 Å². The van der Waals surface area contributed by atoms with Crippen molar-refractivity contribution in [1.29, 1.82) is 0 Å². The molecule has 0 unspecified atom stereocenters. The molecule has 0 spiro atoms. The minimum atomic E-state index is 0.983. The fourth-order valence-corrected chi connectivity index (χ4v) is 4.97.